The van der Waals surface area contributed by atoms with Gasteiger partial charge in [0.05, 0.1) is 0 Å². The molecule has 1 aromatic heterocycles. The first-order valence-corrected chi connectivity index (χ1v) is 7.24. The number of nitrogens with one attached hydrogen (secondary N) is 1. The lowest BCUT2D eigenvalue weighted by atomic mass is 10.1. The molecule has 0 spiro atoms. The maximum Gasteiger partial charge on any atom is 0.193 e. The molecule has 3 N–H and O–H groups in total. The van der Waals surface area contributed by atoms with E-state index in [-0.39, 0.29) is 0 Å². The molecule has 0 aliphatic carbocycles. The van der Waals surface area contributed by atoms with Crippen LogP contribution in [0.3, 0.4) is 0 Å². The third-order valence-corrected chi connectivity index (χ3v) is 3.41. The molecule has 0 aliphatic heterocycles. The Hall–Kier alpha value is -2.36. The second-order valence-electron chi connectivity index (χ2n) is 5.00. The van der Waals surface area contributed by atoms with Gasteiger partial charge < -0.3 is 11.1 Å². The molecular weight excluding hydrogens is 260 g/mol. The molecule has 0 radical (unpaired) electrons. The highest BCUT2D eigenvalue weighted by Crippen LogP contribution is 2.10. The summed E-state index contributed by atoms with van der Waals surface area (Å²) in [5.74, 6) is 0.454. The van der Waals surface area contributed by atoms with Gasteiger partial charge in [-0.25, -0.2) is 0 Å². The zero-order valence-corrected chi connectivity index (χ0v) is 12.6. The number of hydrogen-bond donors (Lipinski definition) is 2. The SMILES string of the molecule is CCc1cccc(NC(N)=NCCc2ccncc2C)c1. The van der Waals surface area contributed by atoms with Gasteiger partial charge >= 0.3 is 0 Å². The number of pyridine rings is 1. The standard InChI is InChI=1S/C17H22N4/c1-3-14-5-4-6-16(11-14)21-17(18)20-10-8-15-7-9-19-12-13(15)2/h4-7,9,11-12H,3,8,10H2,1-2H3,(H3,18,20,21). The van der Waals surface area contributed by atoms with Crippen LogP contribution < -0.4 is 11.1 Å². The predicted octanol–water partition coefficient (Wildman–Crippen LogP) is 2.92. The van der Waals surface area contributed by atoms with Crippen LogP contribution in [0.4, 0.5) is 5.69 Å². The summed E-state index contributed by atoms with van der Waals surface area (Å²) in [5.41, 5.74) is 10.6. The van der Waals surface area contributed by atoms with Crippen LogP contribution in [0.15, 0.2) is 47.7 Å². The van der Waals surface area contributed by atoms with Crippen molar-refractivity contribution in [3.8, 4) is 0 Å². The molecule has 0 bridgehead atoms. The highest BCUT2D eigenvalue weighted by Gasteiger charge is 1.99. The van der Waals surface area contributed by atoms with Gasteiger partial charge in [0.1, 0.15) is 0 Å². The van der Waals surface area contributed by atoms with Crippen LogP contribution in [0.1, 0.15) is 23.6 Å². The van der Waals surface area contributed by atoms with Crippen molar-refractivity contribution in [3.63, 3.8) is 0 Å². The number of nitrogens with zero attached hydrogens (tertiary/aromatic N) is 2. The number of guanidine groups is 1. The number of anilines is 1. The highest BCUT2D eigenvalue weighted by atomic mass is 15.1. The fraction of sp³-hybridized carbons (Fsp3) is 0.294. The van der Waals surface area contributed by atoms with Crippen LogP contribution >= 0.6 is 0 Å². The first-order chi connectivity index (χ1) is 10.2. The Morgan fingerprint density at radius 2 is 2.19 bits per heavy atom. The summed E-state index contributed by atoms with van der Waals surface area (Å²) >= 11 is 0. The highest BCUT2D eigenvalue weighted by molar-refractivity contribution is 5.92. The average Bonchev–Trinajstić information content (AvgIpc) is 2.49. The number of nitrogens with two attached hydrogens (primary N) is 1. The predicted molar refractivity (Wildman–Crippen MR) is 88.6 cm³/mol. The van der Waals surface area contributed by atoms with Gasteiger partial charge in [-0.3, -0.25) is 9.98 Å². The number of hydrogen-bond acceptors (Lipinski definition) is 2. The zero-order chi connectivity index (χ0) is 15.1. The van der Waals surface area contributed by atoms with Gasteiger partial charge in [0.2, 0.25) is 0 Å². The van der Waals surface area contributed by atoms with E-state index >= 15 is 0 Å². The third kappa shape index (κ3) is 4.60. The van der Waals surface area contributed by atoms with Gasteiger partial charge in [-0.2, -0.15) is 0 Å². The number of aliphatic imine (C=N–C) groups is 1. The Morgan fingerprint density at radius 3 is 2.95 bits per heavy atom. The first kappa shape index (κ1) is 15.0. The number of aryl methyl sites for hydroxylation is 2. The summed E-state index contributed by atoms with van der Waals surface area (Å²) in [7, 11) is 0. The van der Waals surface area contributed by atoms with E-state index in [1.807, 2.05) is 30.6 Å². The number of aromatic nitrogens is 1. The molecule has 0 fully saturated rings. The lowest BCUT2D eigenvalue weighted by Gasteiger charge is -2.07. The van der Waals surface area contributed by atoms with E-state index in [9.17, 15) is 0 Å². The van der Waals surface area contributed by atoms with Crippen molar-refractivity contribution >= 4 is 11.6 Å². The lowest BCUT2D eigenvalue weighted by molar-refractivity contribution is 0.948. The summed E-state index contributed by atoms with van der Waals surface area (Å²) in [6, 6.07) is 10.2. The molecule has 4 heteroatoms. The van der Waals surface area contributed by atoms with E-state index in [0.717, 1.165) is 18.5 Å². The molecule has 0 saturated heterocycles. The van der Waals surface area contributed by atoms with Crippen LogP contribution in [0.25, 0.3) is 0 Å². The zero-order valence-electron chi connectivity index (χ0n) is 12.6. The van der Waals surface area contributed by atoms with Crippen molar-refractivity contribution in [2.75, 3.05) is 11.9 Å². The van der Waals surface area contributed by atoms with E-state index in [1.165, 1.54) is 16.7 Å². The maximum absolute atomic E-state index is 5.93. The summed E-state index contributed by atoms with van der Waals surface area (Å²) in [5, 5.41) is 3.13. The molecule has 2 rings (SSSR count). The number of rotatable bonds is 5. The van der Waals surface area contributed by atoms with Crippen molar-refractivity contribution in [3.05, 3.63) is 59.4 Å². The minimum absolute atomic E-state index is 0.454. The summed E-state index contributed by atoms with van der Waals surface area (Å²) in [4.78, 5) is 8.46. The lowest BCUT2D eigenvalue weighted by Crippen LogP contribution is -2.23. The molecule has 21 heavy (non-hydrogen) atoms. The second kappa shape index (κ2) is 7.43. The van der Waals surface area contributed by atoms with Crippen LogP contribution in [-0.4, -0.2) is 17.5 Å². The summed E-state index contributed by atoms with van der Waals surface area (Å²) in [6.07, 6.45) is 5.56. The monoisotopic (exact) mass is 282 g/mol. The molecule has 0 unspecified atom stereocenters. The summed E-state index contributed by atoms with van der Waals surface area (Å²) < 4.78 is 0. The van der Waals surface area contributed by atoms with Crippen molar-refractivity contribution in [2.45, 2.75) is 26.7 Å². The fourth-order valence-electron chi connectivity index (χ4n) is 2.14. The van der Waals surface area contributed by atoms with Gasteiger partial charge in [0, 0.05) is 24.6 Å². The van der Waals surface area contributed by atoms with Gasteiger partial charge in [-0.15, -0.1) is 0 Å². The third-order valence-electron chi connectivity index (χ3n) is 3.41. The van der Waals surface area contributed by atoms with E-state index in [0.29, 0.717) is 12.5 Å². The Morgan fingerprint density at radius 1 is 1.33 bits per heavy atom. The quantitative estimate of drug-likeness (QED) is 0.654. The van der Waals surface area contributed by atoms with Gasteiger partial charge in [0.15, 0.2) is 5.96 Å². The van der Waals surface area contributed by atoms with Crippen LogP contribution in [-0.2, 0) is 12.8 Å². The van der Waals surface area contributed by atoms with Gasteiger partial charge in [0.25, 0.3) is 0 Å². The van der Waals surface area contributed by atoms with E-state index in [2.05, 4.69) is 41.3 Å². The fourth-order valence-corrected chi connectivity index (χ4v) is 2.14. The molecule has 1 heterocycles. The molecular formula is C17H22N4. The Bertz CT molecular complexity index is 620. The molecule has 2 aromatic rings. The second-order valence-corrected chi connectivity index (χ2v) is 5.00. The van der Waals surface area contributed by atoms with Gasteiger partial charge in [-0.05, 0) is 54.7 Å². The molecule has 1 aromatic carbocycles. The van der Waals surface area contributed by atoms with E-state index in [1.54, 1.807) is 0 Å². The van der Waals surface area contributed by atoms with Crippen molar-refractivity contribution in [2.24, 2.45) is 10.7 Å². The van der Waals surface area contributed by atoms with Gasteiger partial charge in [-0.1, -0.05) is 19.1 Å². The van der Waals surface area contributed by atoms with E-state index in [4.69, 9.17) is 5.73 Å². The summed E-state index contributed by atoms with van der Waals surface area (Å²) in [6.45, 7) is 4.86. The molecule has 110 valence electrons. The smallest absolute Gasteiger partial charge is 0.193 e. The maximum atomic E-state index is 5.93. The minimum atomic E-state index is 0.454. The molecule has 4 nitrogen and oxygen atoms in total. The van der Waals surface area contributed by atoms with Crippen molar-refractivity contribution in [1.29, 1.82) is 0 Å². The Balaban J connectivity index is 1.91. The normalized spacial score (nSPS) is 11.4. The molecule has 0 saturated carbocycles. The van der Waals surface area contributed by atoms with Crippen molar-refractivity contribution in [1.82, 2.24) is 4.98 Å². The largest absolute Gasteiger partial charge is 0.370 e. The molecule has 0 atom stereocenters. The molecule has 0 aliphatic rings. The number of benzene rings is 1. The van der Waals surface area contributed by atoms with Crippen LogP contribution in [0.5, 0.6) is 0 Å². The van der Waals surface area contributed by atoms with E-state index < -0.39 is 0 Å². The first-order valence-electron chi connectivity index (χ1n) is 7.24. The minimum Gasteiger partial charge on any atom is -0.370 e. The topological polar surface area (TPSA) is 63.3 Å². The Labute approximate surface area is 126 Å². The van der Waals surface area contributed by atoms with Crippen LogP contribution in [0, 0.1) is 6.92 Å². The molecule has 0 amide bonds. The average molecular weight is 282 g/mol. The van der Waals surface area contributed by atoms with Crippen LogP contribution in [0.2, 0.25) is 0 Å². The van der Waals surface area contributed by atoms with Crippen molar-refractivity contribution < 1.29 is 0 Å². The Kier molecular flexibility index (Phi) is 5.32.